The van der Waals surface area contributed by atoms with Crippen molar-refractivity contribution in [2.75, 3.05) is 0 Å². The van der Waals surface area contributed by atoms with E-state index in [4.69, 9.17) is 9.31 Å². The Labute approximate surface area is 122 Å². The van der Waals surface area contributed by atoms with Crippen molar-refractivity contribution in [3.8, 4) is 0 Å². The van der Waals surface area contributed by atoms with Gasteiger partial charge in [-0.25, -0.2) is 9.78 Å². The summed E-state index contributed by atoms with van der Waals surface area (Å²) >= 11 is 0. The Morgan fingerprint density at radius 1 is 1.24 bits per heavy atom. The van der Waals surface area contributed by atoms with E-state index in [1.807, 2.05) is 33.8 Å². The molecule has 0 aliphatic carbocycles. The highest BCUT2D eigenvalue weighted by molar-refractivity contribution is 6.62. The first-order valence-corrected chi connectivity index (χ1v) is 6.77. The number of aromatic nitrogens is 2. The third-order valence-electron chi connectivity index (χ3n) is 4.27. The number of hydrogen-bond acceptors (Lipinski definition) is 4. The lowest BCUT2D eigenvalue weighted by Gasteiger charge is -2.32. The Morgan fingerprint density at radius 3 is 2.43 bits per heavy atom. The minimum atomic E-state index is -1.02. The summed E-state index contributed by atoms with van der Waals surface area (Å²) in [5.41, 5.74) is 0.590. The van der Waals surface area contributed by atoms with Crippen molar-refractivity contribution in [1.82, 2.24) is 9.38 Å². The molecule has 0 atom stereocenters. The average molecular weight is 288 g/mol. The van der Waals surface area contributed by atoms with Gasteiger partial charge in [0.15, 0.2) is 5.69 Å². The topological polar surface area (TPSA) is 73.1 Å². The molecule has 0 bridgehead atoms. The maximum absolute atomic E-state index is 11.2. The molecule has 1 fully saturated rings. The fraction of sp³-hybridized carbons (Fsp3) is 0.429. The second kappa shape index (κ2) is 4.32. The molecule has 0 aromatic carbocycles. The predicted molar refractivity (Wildman–Crippen MR) is 77.9 cm³/mol. The van der Waals surface area contributed by atoms with Crippen LogP contribution in [0.3, 0.4) is 0 Å². The molecule has 3 heterocycles. The van der Waals surface area contributed by atoms with E-state index < -0.39 is 24.3 Å². The summed E-state index contributed by atoms with van der Waals surface area (Å²) in [5, 5.41) is 9.17. The Hall–Kier alpha value is -1.86. The van der Waals surface area contributed by atoms with E-state index in [0.29, 0.717) is 5.65 Å². The highest BCUT2D eigenvalue weighted by atomic mass is 16.7. The molecule has 1 saturated heterocycles. The number of nitrogens with zero attached hydrogens (tertiary/aromatic N) is 2. The predicted octanol–water partition coefficient (Wildman–Crippen LogP) is 1.33. The van der Waals surface area contributed by atoms with Gasteiger partial charge in [-0.2, -0.15) is 0 Å². The summed E-state index contributed by atoms with van der Waals surface area (Å²) in [6.07, 6.45) is 3.04. The van der Waals surface area contributed by atoms with Crippen LogP contribution in [0.5, 0.6) is 0 Å². The van der Waals surface area contributed by atoms with Crippen molar-refractivity contribution in [3.05, 3.63) is 30.2 Å². The highest BCUT2D eigenvalue weighted by Crippen LogP contribution is 2.36. The summed E-state index contributed by atoms with van der Waals surface area (Å²) in [6, 6.07) is 3.60. The molecule has 0 amide bonds. The van der Waals surface area contributed by atoms with Crippen molar-refractivity contribution in [2.24, 2.45) is 0 Å². The van der Waals surface area contributed by atoms with Crippen LogP contribution in [0.2, 0.25) is 0 Å². The van der Waals surface area contributed by atoms with Crippen LogP contribution in [0.1, 0.15) is 38.2 Å². The number of fused-ring (bicyclic) bond motifs is 1. The van der Waals surface area contributed by atoms with Crippen LogP contribution in [-0.4, -0.2) is 38.8 Å². The lowest BCUT2D eigenvalue weighted by Crippen LogP contribution is -2.41. The van der Waals surface area contributed by atoms with Gasteiger partial charge >= 0.3 is 13.1 Å². The molecule has 3 rings (SSSR count). The molecule has 1 aliphatic heterocycles. The van der Waals surface area contributed by atoms with Gasteiger partial charge < -0.3 is 14.4 Å². The average Bonchev–Trinajstić information content (AvgIpc) is 2.87. The zero-order chi connectivity index (χ0) is 15.4. The maximum atomic E-state index is 11.2. The number of pyridine rings is 1. The van der Waals surface area contributed by atoms with Crippen LogP contribution in [0.4, 0.5) is 0 Å². The Bertz CT molecular complexity index is 707. The van der Waals surface area contributed by atoms with Gasteiger partial charge in [0.2, 0.25) is 0 Å². The number of carbonyl (C=O) groups is 1. The summed E-state index contributed by atoms with van der Waals surface area (Å²) in [6.45, 7) is 7.91. The molecule has 2 aromatic heterocycles. The fourth-order valence-electron chi connectivity index (χ4n) is 2.27. The van der Waals surface area contributed by atoms with Gasteiger partial charge in [-0.3, -0.25) is 4.40 Å². The van der Waals surface area contributed by atoms with Gasteiger partial charge in [0.25, 0.3) is 0 Å². The minimum Gasteiger partial charge on any atom is -0.477 e. The lowest BCUT2D eigenvalue weighted by molar-refractivity contribution is 0.00578. The number of carboxylic acid groups (broad SMARTS) is 1. The molecule has 1 N–H and O–H groups in total. The Kier molecular flexibility index (Phi) is 2.90. The number of imidazole rings is 1. The summed E-state index contributed by atoms with van der Waals surface area (Å²) in [5.74, 6) is -1.02. The number of hydrogen-bond donors (Lipinski definition) is 1. The first-order valence-electron chi connectivity index (χ1n) is 6.77. The van der Waals surface area contributed by atoms with Crippen LogP contribution in [-0.2, 0) is 9.31 Å². The van der Waals surface area contributed by atoms with E-state index in [2.05, 4.69) is 4.98 Å². The zero-order valence-electron chi connectivity index (χ0n) is 12.5. The monoisotopic (exact) mass is 288 g/mol. The van der Waals surface area contributed by atoms with Crippen LogP contribution >= 0.6 is 0 Å². The van der Waals surface area contributed by atoms with Gasteiger partial charge in [0, 0.05) is 6.20 Å². The first kappa shape index (κ1) is 14.1. The Morgan fingerprint density at radius 2 is 1.86 bits per heavy atom. The number of aromatic carboxylic acids is 1. The normalized spacial score (nSPS) is 20.1. The van der Waals surface area contributed by atoms with E-state index in [-0.39, 0.29) is 5.69 Å². The van der Waals surface area contributed by atoms with Crippen molar-refractivity contribution in [1.29, 1.82) is 0 Å². The largest absolute Gasteiger partial charge is 0.496 e. The molecule has 6 nitrogen and oxygen atoms in total. The zero-order valence-corrected chi connectivity index (χ0v) is 12.5. The van der Waals surface area contributed by atoms with Crippen LogP contribution in [0.15, 0.2) is 24.5 Å². The molecular formula is C14H17BN2O4. The second-order valence-electron chi connectivity index (χ2n) is 6.23. The fourth-order valence-corrected chi connectivity index (χ4v) is 2.27. The maximum Gasteiger partial charge on any atom is 0.496 e. The number of rotatable bonds is 2. The van der Waals surface area contributed by atoms with E-state index in [0.717, 1.165) is 5.46 Å². The minimum absolute atomic E-state index is 0.114. The lowest BCUT2D eigenvalue weighted by atomic mass is 9.80. The van der Waals surface area contributed by atoms with Crippen LogP contribution in [0, 0.1) is 0 Å². The molecule has 0 radical (unpaired) electrons. The molecule has 110 valence electrons. The SMILES string of the molecule is CC1(C)OB(c2ccc3ncc(C(=O)O)n3c2)OC1(C)C. The summed E-state index contributed by atoms with van der Waals surface area (Å²) < 4.78 is 13.5. The van der Waals surface area contributed by atoms with Gasteiger partial charge in [-0.05, 0) is 39.2 Å². The highest BCUT2D eigenvalue weighted by Gasteiger charge is 2.51. The quantitative estimate of drug-likeness (QED) is 0.844. The molecule has 7 heteroatoms. The molecule has 21 heavy (non-hydrogen) atoms. The molecule has 0 unspecified atom stereocenters. The second-order valence-corrected chi connectivity index (χ2v) is 6.23. The Balaban J connectivity index is 2.03. The van der Waals surface area contributed by atoms with Crippen molar-refractivity contribution >= 4 is 24.2 Å². The summed E-state index contributed by atoms with van der Waals surface area (Å²) in [7, 11) is -0.525. The smallest absolute Gasteiger partial charge is 0.477 e. The summed E-state index contributed by atoms with van der Waals surface area (Å²) in [4.78, 5) is 15.3. The van der Waals surface area contributed by atoms with Crippen LogP contribution in [0.25, 0.3) is 5.65 Å². The molecule has 0 spiro atoms. The van der Waals surface area contributed by atoms with E-state index in [1.54, 1.807) is 12.3 Å². The van der Waals surface area contributed by atoms with Gasteiger partial charge in [0.05, 0.1) is 17.4 Å². The molecule has 1 aliphatic rings. The van der Waals surface area contributed by atoms with Crippen molar-refractivity contribution in [2.45, 2.75) is 38.9 Å². The first-order chi connectivity index (χ1) is 9.71. The van der Waals surface area contributed by atoms with E-state index in [1.165, 1.54) is 10.6 Å². The molecule has 2 aromatic rings. The van der Waals surface area contributed by atoms with Gasteiger partial charge in [0.1, 0.15) is 5.65 Å². The van der Waals surface area contributed by atoms with E-state index in [9.17, 15) is 9.90 Å². The van der Waals surface area contributed by atoms with Crippen molar-refractivity contribution in [3.63, 3.8) is 0 Å². The van der Waals surface area contributed by atoms with Crippen LogP contribution < -0.4 is 5.46 Å². The number of carboxylic acids is 1. The van der Waals surface area contributed by atoms with Gasteiger partial charge in [-0.1, -0.05) is 6.07 Å². The molecular weight excluding hydrogens is 271 g/mol. The van der Waals surface area contributed by atoms with E-state index >= 15 is 0 Å². The molecule has 0 saturated carbocycles. The third-order valence-corrected chi connectivity index (χ3v) is 4.27. The standard InChI is InChI=1S/C14H17BN2O4/c1-13(2)14(3,4)21-15(20-13)9-5-6-11-16-7-10(12(18)19)17(11)8-9/h5-8H,1-4H3,(H,18,19). The third kappa shape index (κ3) is 2.13. The van der Waals surface area contributed by atoms with Gasteiger partial charge in [-0.15, -0.1) is 0 Å². The van der Waals surface area contributed by atoms with Crippen molar-refractivity contribution < 1.29 is 19.2 Å².